The Kier molecular flexibility index (Phi) is 4.11. The lowest BCUT2D eigenvalue weighted by Crippen LogP contribution is -1.99. The van der Waals surface area contributed by atoms with Crippen LogP contribution in [-0.4, -0.2) is 0 Å². The van der Waals surface area contributed by atoms with Gasteiger partial charge in [0.2, 0.25) is 0 Å². The first-order valence-electron chi connectivity index (χ1n) is 5.32. The average molecular weight is 287 g/mol. The first-order chi connectivity index (χ1) is 9.01. The van der Waals surface area contributed by atoms with Crippen LogP contribution in [0.4, 0.5) is 17.6 Å². The van der Waals surface area contributed by atoms with E-state index >= 15 is 0 Å². The third kappa shape index (κ3) is 3.08. The lowest BCUT2D eigenvalue weighted by molar-refractivity contribution is 0.536. The minimum Gasteiger partial charge on any atom is -0.326 e. The molecule has 0 saturated carbocycles. The van der Waals surface area contributed by atoms with Crippen molar-refractivity contribution >= 4 is 11.8 Å². The van der Waals surface area contributed by atoms with E-state index in [0.29, 0.717) is 23.4 Å². The Morgan fingerprint density at radius 2 is 1.53 bits per heavy atom. The van der Waals surface area contributed by atoms with Crippen LogP contribution in [0.2, 0.25) is 0 Å². The minimum atomic E-state index is -0.869. The summed E-state index contributed by atoms with van der Waals surface area (Å²) >= 11 is 0.563. The predicted molar refractivity (Wildman–Crippen MR) is 64.7 cm³/mol. The maximum atomic E-state index is 13.7. The molecule has 2 aromatic carbocycles. The second-order valence-electron chi connectivity index (χ2n) is 3.77. The van der Waals surface area contributed by atoms with Gasteiger partial charge in [-0.1, -0.05) is 11.8 Å². The van der Waals surface area contributed by atoms with E-state index in [1.54, 1.807) is 0 Å². The molecular formula is C13H9F4NS. The summed E-state index contributed by atoms with van der Waals surface area (Å²) in [6.07, 6.45) is 0. The number of hydrogen-bond acceptors (Lipinski definition) is 2. The molecule has 0 unspecified atom stereocenters. The number of benzene rings is 2. The van der Waals surface area contributed by atoms with E-state index in [1.807, 2.05) is 0 Å². The molecule has 0 radical (unpaired) electrons. The molecule has 0 fully saturated rings. The minimum absolute atomic E-state index is 0.00367. The van der Waals surface area contributed by atoms with E-state index in [0.717, 1.165) is 24.3 Å². The van der Waals surface area contributed by atoms with Crippen molar-refractivity contribution in [3.05, 3.63) is 59.2 Å². The first-order valence-corrected chi connectivity index (χ1v) is 6.14. The van der Waals surface area contributed by atoms with Gasteiger partial charge in [0.1, 0.15) is 23.3 Å². The van der Waals surface area contributed by atoms with Crippen LogP contribution in [0.3, 0.4) is 0 Å². The summed E-state index contributed by atoms with van der Waals surface area (Å²) in [6.45, 7) is 0.00367. The molecule has 0 atom stereocenters. The quantitative estimate of drug-likeness (QED) is 0.868. The second kappa shape index (κ2) is 5.63. The zero-order valence-electron chi connectivity index (χ0n) is 9.59. The Balaban J connectivity index is 2.38. The fraction of sp³-hybridized carbons (Fsp3) is 0.0769. The SMILES string of the molecule is NCc1cc(F)c(Sc2ccc(F)cc2F)c(F)c1. The molecule has 0 aliphatic carbocycles. The van der Waals surface area contributed by atoms with Gasteiger partial charge in [0.05, 0.1) is 4.90 Å². The van der Waals surface area contributed by atoms with Crippen molar-refractivity contribution in [2.45, 2.75) is 16.3 Å². The van der Waals surface area contributed by atoms with E-state index < -0.39 is 23.3 Å². The van der Waals surface area contributed by atoms with Crippen molar-refractivity contribution in [3.63, 3.8) is 0 Å². The highest BCUT2D eigenvalue weighted by atomic mass is 32.2. The molecule has 0 aromatic heterocycles. The summed E-state index contributed by atoms with van der Waals surface area (Å²) in [5, 5.41) is 0. The van der Waals surface area contributed by atoms with Gasteiger partial charge < -0.3 is 5.73 Å². The molecule has 2 rings (SSSR count). The fourth-order valence-electron chi connectivity index (χ4n) is 1.50. The molecule has 19 heavy (non-hydrogen) atoms. The lowest BCUT2D eigenvalue weighted by atomic mass is 10.2. The highest BCUT2D eigenvalue weighted by Gasteiger charge is 2.15. The standard InChI is InChI=1S/C13H9F4NS/c14-8-1-2-12(9(15)5-8)19-13-10(16)3-7(6-18)4-11(13)17/h1-5H,6,18H2. The summed E-state index contributed by atoms with van der Waals surface area (Å²) in [5.74, 6) is -3.27. The Morgan fingerprint density at radius 3 is 2.05 bits per heavy atom. The van der Waals surface area contributed by atoms with Gasteiger partial charge in [-0.3, -0.25) is 0 Å². The Hall–Kier alpha value is -1.53. The number of halogens is 4. The van der Waals surface area contributed by atoms with Crippen LogP contribution in [0.5, 0.6) is 0 Å². The highest BCUT2D eigenvalue weighted by Crippen LogP contribution is 2.34. The van der Waals surface area contributed by atoms with Crippen LogP contribution in [0, 0.1) is 23.3 Å². The summed E-state index contributed by atoms with van der Waals surface area (Å²) in [5.41, 5.74) is 5.59. The molecule has 1 nitrogen and oxygen atoms in total. The monoisotopic (exact) mass is 287 g/mol. The number of hydrogen-bond donors (Lipinski definition) is 1. The smallest absolute Gasteiger partial charge is 0.140 e. The van der Waals surface area contributed by atoms with E-state index in [-0.39, 0.29) is 16.3 Å². The molecule has 100 valence electrons. The van der Waals surface area contributed by atoms with E-state index in [4.69, 9.17) is 5.73 Å². The second-order valence-corrected chi connectivity index (χ2v) is 4.82. The third-order valence-electron chi connectivity index (χ3n) is 2.40. The van der Waals surface area contributed by atoms with Crippen molar-refractivity contribution in [1.29, 1.82) is 0 Å². The van der Waals surface area contributed by atoms with Crippen molar-refractivity contribution in [2.24, 2.45) is 5.73 Å². The molecule has 0 saturated heterocycles. The van der Waals surface area contributed by atoms with Crippen molar-refractivity contribution < 1.29 is 17.6 Å². The van der Waals surface area contributed by atoms with Crippen molar-refractivity contribution in [3.8, 4) is 0 Å². The summed E-state index contributed by atoms with van der Waals surface area (Å²) in [4.78, 5) is -0.401. The van der Waals surface area contributed by atoms with Crippen LogP contribution >= 0.6 is 11.8 Å². The molecule has 0 spiro atoms. The van der Waals surface area contributed by atoms with Gasteiger partial charge in [-0.15, -0.1) is 0 Å². The van der Waals surface area contributed by atoms with Crippen molar-refractivity contribution in [2.75, 3.05) is 0 Å². The average Bonchev–Trinajstić information content (AvgIpc) is 2.35. The van der Waals surface area contributed by atoms with Gasteiger partial charge in [-0.05, 0) is 29.8 Å². The molecule has 2 N–H and O–H groups in total. The summed E-state index contributed by atoms with van der Waals surface area (Å²) < 4.78 is 53.5. The number of rotatable bonds is 3. The normalized spacial score (nSPS) is 10.8. The zero-order valence-corrected chi connectivity index (χ0v) is 10.4. The van der Waals surface area contributed by atoms with E-state index in [9.17, 15) is 17.6 Å². The zero-order chi connectivity index (χ0) is 14.0. The van der Waals surface area contributed by atoms with Crippen LogP contribution in [-0.2, 0) is 6.54 Å². The molecule has 0 bridgehead atoms. The summed E-state index contributed by atoms with van der Waals surface area (Å²) in [6, 6.07) is 4.99. The third-order valence-corrected chi connectivity index (χ3v) is 3.54. The van der Waals surface area contributed by atoms with Gasteiger partial charge in [-0.2, -0.15) is 0 Å². The van der Waals surface area contributed by atoms with E-state index in [2.05, 4.69) is 0 Å². The lowest BCUT2D eigenvalue weighted by Gasteiger charge is -2.07. The molecule has 0 aliphatic heterocycles. The van der Waals surface area contributed by atoms with Crippen molar-refractivity contribution in [1.82, 2.24) is 0 Å². The molecular weight excluding hydrogens is 278 g/mol. The fourth-order valence-corrected chi connectivity index (χ4v) is 2.32. The molecule has 2 aromatic rings. The van der Waals surface area contributed by atoms with E-state index in [1.165, 1.54) is 0 Å². The van der Waals surface area contributed by atoms with Crippen LogP contribution < -0.4 is 5.73 Å². The van der Waals surface area contributed by atoms with Crippen LogP contribution in [0.1, 0.15) is 5.56 Å². The summed E-state index contributed by atoms with van der Waals surface area (Å²) in [7, 11) is 0. The molecule has 6 heteroatoms. The van der Waals surface area contributed by atoms with Gasteiger partial charge in [-0.25, -0.2) is 17.6 Å². The topological polar surface area (TPSA) is 26.0 Å². The Labute approximate surface area is 111 Å². The first kappa shape index (κ1) is 13.9. The van der Waals surface area contributed by atoms with Gasteiger partial charge in [0.15, 0.2) is 0 Å². The van der Waals surface area contributed by atoms with Crippen LogP contribution in [0.15, 0.2) is 40.1 Å². The van der Waals surface area contributed by atoms with Crippen LogP contribution in [0.25, 0.3) is 0 Å². The van der Waals surface area contributed by atoms with Gasteiger partial charge in [0, 0.05) is 17.5 Å². The molecule has 0 heterocycles. The Morgan fingerprint density at radius 1 is 0.895 bits per heavy atom. The Bertz CT molecular complexity index is 593. The molecule has 0 aliphatic rings. The largest absolute Gasteiger partial charge is 0.326 e. The maximum absolute atomic E-state index is 13.7. The van der Waals surface area contributed by atoms with Gasteiger partial charge in [0.25, 0.3) is 0 Å². The molecule has 0 amide bonds. The maximum Gasteiger partial charge on any atom is 0.140 e. The highest BCUT2D eigenvalue weighted by molar-refractivity contribution is 7.99. The number of nitrogens with two attached hydrogens (primary N) is 1. The van der Waals surface area contributed by atoms with Gasteiger partial charge >= 0.3 is 0 Å². The predicted octanol–water partition coefficient (Wildman–Crippen LogP) is 3.85.